The second-order valence-electron chi connectivity index (χ2n) is 5.42. The minimum Gasteiger partial charge on any atom is -0.451 e. The van der Waals surface area contributed by atoms with Crippen molar-refractivity contribution in [2.24, 2.45) is 0 Å². The Bertz CT molecular complexity index is 879. The number of furan rings is 1. The van der Waals surface area contributed by atoms with Gasteiger partial charge in [-0.3, -0.25) is 4.79 Å². The van der Waals surface area contributed by atoms with Gasteiger partial charge in [0.1, 0.15) is 11.6 Å². The highest BCUT2D eigenvalue weighted by atomic mass is 127. The number of aromatic nitrogens is 2. The number of rotatable bonds is 6. The first-order chi connectivity index (χ1) is 11.6. The van der Waals surface area contributed by atoms with Crippen LogP contribution in [0.25, 0.3) is 17.1 Å². The summed E-state index contributed by atoms with van der Waals surface area (Å²) >= 11 is 2.09. The highest BCUT2D eigenvalue weighted by Crippen LogP contribution is 2.15. The Morgan fingerprint density at radius 3 is 2.96 bits per heavy atom. The predicted molar refractivity (Wildman–Crippen MR) is 103 cm³/mol. The average Bonchev–Trinajstić information content (AvgIpc) is 3.12. The second-order valence-corrected chi connectivity index (χ2v) is 6.48. The Hall–Kier alpha value is -2.09. The van der Waals surface area contributed by atoms with Crippen LogP contribution in [0.15, 0.2) is 46.9 Å². The molecule has 124 valence electrons. The van der Waals surface area contributed by atoms with Gasteiger partial charge < -0.3 is 14.3 Å². The molecule has 1 amide bonds. The highest BCUT2D eigenvalue weighted by molar-refractivity contribution is 14.1. The van der Waals surface area contributed by atoms with Crippen molar-refractivity contribution >= 4 is 45.6 Å². The molecule has 2 heterocycles. The molecule has 0 saturated carbocycles. The average molecular weight is 435 g/mol. The summed E-state index contributed by atoms with van der Waals surface area (Å²) in [7, 11) is 0. The maximum absolute atomic E-state index is 11.8. The lowest BCUT2D eigenvalue weighted by Crippen LogP contribution is -2.23. The molecule has 0 unspecified atom stereocenters. The van der Waals surface area contributed by atoms with Gasteiger partial charge in [-0.25, -0.2) is 4.98 Å². The molecular formula is C18H18IN3O2. The number of nitrogens with zero attached hydrogens (tertiary/aromatic N) is 2. The predicted octanol–water partition coefficient (Wildman–Crippen LogP) is 3.76. The van der Waals surface area contributed by atoms with E-state index in [0.717, 1.165) is 33.6 Å². The molecule has 0 aliphatic rings. The lowest BCUT2D eigenvalue weighted by Gasteiger charge is -2.07. The molecule has 6 heteroatoms. The molecule has 3 rings (SSSR count). The molecule has 1 N–H and O–H groups in total. The SMILES string of the molecule is Cc1nc2ccccc2n1CCCNC(=O)/C=C/c1ccc(I)o1. The van der Waals surface area contributed by atoms with Crippen LogP contribution in [-0.4, -0.2) is 22.0 Å². The number of benzene rings is 1. The van der Waals surface area contributed by atoms with Crippen molar-refractivity contribution in [3.8, 4) is 0 Å². The van der Waals surface area contributed by atoms with Crippen molar-refractivity contribution in [1.29, 1.82) is 0 Å². The summed E-state index contributed by atoms with van der Waals surface area (Å²) in [4.78, 5) is 16.3. The van der Waals surface area contributed by atoms with Crippen LogP contribution in [0, 0.1) is 10.7 Å². The summed E-state index contributed by atoms with van der Waals surface area (Å²) in [6.07, 6.45) is 4.01. The summed E-state index contributed by atoms with van der Waals surface area (Å²) in [5.74, 6) is 1.55. The van der Waals surface area contributed by atoms with Crippen molar-refractivity contribution in [3.05, 3.63) is 57.8 Å². The number of para-hydroxylation sites is 2. The normalized spacial score (nSPS) is 11.4. The molecule has 5 nitrogen and oxygen atoms in total. The largest absolute Gasteiger partial charge is 0.451 e. The van der Waals surface area contributed by atoms with E-state index in [2.05, 4.69) is 43.5 Å². The van der Waals surface area contributed by atoms with Gasteiger partial charge in [0.25, 0.3) is 0 Å². The monoisotopic (exact) mass is 435 g/mol. The number of nitrogens with one attached hydrogen (secondary N) is 1. The third-order valence-electron chi connectivity index (χ3n) is 3.70. The van der Waals surface area contributed by atoms with Crippen molar-refractivity contribution in [3.63, 3.8) is 0 Å². The van der Waals surface area contributed by atoms with Crippen LogP contribution in [0.3, 0.4) is 0 Å². The van der Waals surface area contributed by atoms with E-state index in [1.54, 1.807) is 6.08 Å². The molecule has 0 atom stereocenters. The molecule has 24 heavy (non-hydrogen) atoms. The fourth-order valence-electron chi connectivity index (χ4n) is 2.56. The lowest BCUT2D eigenvalue weighted by molar-refractivity contribution is -0.116. The maximum Gasteiger partial charge on any atom is 0.244 e. The molecule has 0 saturated heterocycles. The molecule has 0 fully saturated rings. The highest BCUT2D eigenvalue weighted by Gasteiger charge is 2.06. The van der Waals surface area contributed by atoms with Crippen LogP contribution in [0.4, 0.5) is 0 Å². The van der Waals surface area contributed by atoms with Crippen molar-refractivity contribution in [1.82, 2.24) is 14.9 Å². The molecule has 3 aromatic rings. The third-order valence-corrected chi connectivity index (χ3v) is 4.28. The van der Waals surface area contributed by atoms with Gasteiger partial charge in [-0.2, -0.15) is 0 Å². The number of carbonyl (C=O) groups is 1. The first-order valence-corrected chi connectivity index (χ1v) is 8.84. The lowest BCUT2D eigenvalue weighted by atomic mass is 10.3. The van der Waals surface area contributed by atoms with Crippen LogP contribution < -0.4 is 5.32 Å². The third kappa shape index (κ3) is 4.05. The maximum atomic E-state index is 11.8. The molecule has 0 radical (unpaired) electrons. The van der Waals surface area contributed by atoms with E-state index in [0.29, 0.717) is 12.3 Å². The van der Waals surface area contributed by atoms with E-state index >= 15 is 0 Å². The van der Waals surface area contributed by atoms with E-state index in [4.69, 9.17) is 4.42 Å². The number of hydrogen-bond donors (Lipinski definition) is 1. The van der Waals surface area contributed by atoms with Crippen molar-refractivity contribution in [2.45, 2.75) is 19.9 Å². The summed E-state index contributed by atoms with van der Waals surface area (Å²) in [6, 6.07) is 11.8. The number of hydrogen-bond acceptors (Lipinski definition) is 3. The standard InChI is InChI=1S/C18H18IN3O2/c1-13-21-15-5-2-3-6-16(15)22(13)12-4-11-20-18(23)10-8-14-7-9-17(19)24-14/h2-3,5-10H,4,11-12H2,1H3,(H,20,23)/b10-8+. The van der Waals surface area contributed by atoms with Crippen molar-refractivity contribution < 1.29 is 9.21 Å². The Morgan fingerprint density at radius 2 is 2.17 bits per heavy atom. The van der Waals surface area contributed by atoms with E-state index < -0.39 is 0 Å². The van der Waals surface area contributed by atoms with Gasteiger partial charge in [0.2, 0.25) is 5.91 Å². The number of fused-ring (bicyclic) bond motifs is 1. The van der Waals surface area contributed by atoms with E-state index in [1.807, 2.05) is 37.3 Å². The number of carbonyl (C=O) groups excluding carboxylic acids is 1. The van der Waals surface area contributed by atoms with Gasteiger partial charge in [-0.15, -0.1) is 0 Å². The molecule has 0 aliphatic heterocycles. The fourth-order valence-corrected chi connectivity index (χ4v) is 3.00. The van der Waals surface area contributed by atoms with Crippen LogP contribution in [0.1, 0.15) is 18.0 Å². The Balaban J connectivity index is 1.49. The first kappa shape index (κ1) is 16.8. The van der Waals surface area contributed by atoms with Gasteiger partial charge >= 0.3 is 0 Å². The zero-order valence-electron chi connectivity index (χ0n) is 13.3. The van der Waals surface area contributed by atoms with Gasteiger partial charge in [0.15, 0.2) is 3.77 Å². The molecular weight excluding hydrogens is 417 g/mol. The number of amides is 1. The molecule has 0 spiro atoms. The smallest absolute Gasteiger partial charge is 0.244 e. The quantitative estimate of drug-likeness (QED) is 0.365. The van der Waals surface area contributed by atoms with Crippen LogP contribution in [0.5, 0.6) is 0 Å². The van der Waals surface area contributed by atoms with Crippen molar-refractivity contribution in [2.75, 3.05) is 6.54 Å². The molecule has 2 aromatic heterocycles. The number of halogens is 1. The summed E-state index contributed by atoms with van der Waals surface area (Å²) in [6.45, 7) is 3.45. The van der Waals surface area contributed by atoms with E-state index in [1.165, 1.54) is 6.08 Å². The van der Waals surface area contributed by atoms with Gasteiger partial charge in [0, 0.05) is 19.2 Å². The molecule has 0 bridgehead atoms. The fraction of sp³-hybridized carbons (Fsp3) is 0.222. The van der Waals surface area contributed by atoms with Gasteiger partial charge in [-0.05, 0) is 66.3 Å². The number of aryl methyl sites for hydroxylation is 2. The molecule has 0 aliphatic carbocycles. The zero-order valence-corrected chi connectivity index (χ0v) is 15.5. The summed E-state index contributed by atoms with van der Waals surface area (Å²) < 4.78 is 8.36. The Labute approximate surface area is 153 Å². The Kier molecular flexibility index (Phi) is 5.34. The second kappa shape index (κ2) is 7.65. The van der Waals surface area contributed by atoms with Crippen LogP contribution in [-0.2, 0) is 11.3 Å². The summed E-state index contributed by atoms with van der Waals surface area (Å²) in [5.41, 5.74) is 2.14. The van der Waals surface area contributed by atoms with E-state index in [9.17, 15) is 4.79 Å². The van der Waals surface area contributed by atoms with Crippen LogP contribution in [0.2, 0.25) is 0 Å². The van der Waals surface area contributed by atoms with Gasteiger partial charge in [-0.1, -0.05) is 12.1 Å². The topological polar surface area (TPSA) is 60.1 Å². The zero-order chi connectivity index (χ0) is 16.9. The summed E-state index contributed by atoms with van der Waals surface area (Å²) in [5, 5.41) is 2.89. The first-order valence-electron chi connectivity index (χ1n) is 7.76. The minimum atomic E-state index is -0.117. The minimum absolute atomic E-state index is 0.117. The number of imidazole rings is 1. The van der Waals surface area contributed by atoms with E-state index in [-0.39, 0.29) is 5.91 Å². The van der Waals surface area contributed by atoms with Gasteiger partial charge in [0.05, 0.1) is 11.0 Å². The van der Waals surface area contributed by atoms with Crippen LogP contribution >= 0.6 is 22.6 Å². The Morgan fingerprint density at radius 1 is 1.33 bits per heavy atom. The molecule has 1 aromatic carbocycles.